The fraction of sp³-hybridized carbons (Fsp3) is 0.527. The van der Waals surface area contributed by atoms with Gasteiger partial charge in [-0.1, -0.05) is 72.8 Å². The second-order valence-corrected chi connectivity index (χ2v) is 20.7. The van der Waals surface area contributed by atoms with E-state index in [1.165, 1.54) is 71.3 Å². The number of aryl methyl sites for hydroxylation is 5. The molecule has 2 fully saturated rings. The number of hydrogen-bond donors (Lipinski definition) is 0. The van der Waals surface area contributed by atoms with Crippen LogP contribution in [0.15, 0.2) is 84.9 Å². The molecular formula is C55H73B2Li3N2O9. The normalized spacial score (nSPS) is 19.1. The quantitative estimate of drug-likeness (QED) is 0.203. The molecular weight excluding hydrogens is 875 g/mol. The maximum Gasteiger partial charge on any atom is 1.00 e. The first-order valence-corrected chi connectivity index (χ1v) is 24.8. The number of carbonyl (C=O) groups is 2. The van der Waals surface area contributed by atoms with Gasteiger partial charge in [-0.2, -0.15) is 24.3 Å². The SMILES string of the molecule is CC(C)OB1OC(C)(C)C(C)(C)O1.CC1(C)OB(c2cccc3c2CCCC3)OC1(C)C.O=C([O-])N1CCCc2ccc[c-]c21.O=C([O-])N1CCCc2ccccc21.[Li+].[Li+].[Li+].c1ccc2c(c1)CCCC2. The maximum atomic E-state index is 10.7. The van der Waals surface area contributed by atoms with E-state index >= 15 is 0 Å². The first-order valence-electron chi connectivity index (χ1n) is 24.8. The Kier molecular flexibility index (Phi) is 24.3. The van der Waals surface area contributed by atoms with Gasteiger partial charge in [-0.05, 0) is 179 Å². The molecule has 10 rings (SSSR count). The average molecular weight is 949 g/mol. The predicted molar refractivity (Wildman–Crippen MR) is 268 cm³/mol. The van der Waals surface area contributed by atoms with Gasteiger partial charge in [0.15, 0.2) is 0 Å². The molecule has 4 aliphatic heterocycles. The molecule has 0 bridgehead atoms. The maximum absolute atomic E-state index is 10.7. The average Bonchev–Trinajstić information content (AvgIpc) is 3.66. The summed E-state index contributed by atoms with van der Waals surface area (Å²) in [7, 11) is -0.733. The summed E-state index contributed by atoms with van der Waals surface area (Å²) < 4.78 is 29.1. The summed E-state index contributed by atoms with van der Waals surface area (Å²) in [5.74, 6) is 0. The van der Waals surface area contributed by atoms with Gasteiger partial charge in [0, 0.05) is 24.9 Å². The molecule has 0 aromatic heterocycles. The van der Waals surface area contributed by atoms with E-state index in [1.807, 2.05) is 77.9 Å². The molecule has 16 heteroatoms. The summed E-state index contributed by atoms with van der Waals surface area (Å²) in [6.07, 6.45) is 11.8. The Bertz CT molecular complexity index is 2210. The second kappa shape index (κ2) is 27.6. The number of anilines is 2. The zero-order valence-corrected chi connectivity index (χ0v) is 45.3. The van der Waals surface area contributed by atoms with Crippen LogP contribution in [0.5, 0.6) is 0 Å². The third-order valence-electron chi connectivity index (χ3n) is 14.4. The van der Waals surface area contributed by atoms with Crippen LogP contribution in [-0.2, 0) is 61.8 Å². The van der Waals surface area contributed by atoms with Crippen molar-refractivity contribution >= 4 is 43.5 Å². The fourth-order valence-corrected chi connectivity index (χ4v) is 9.11. The number of para-hydroxylation sites is 2. The molecule has 0 N–H and O–H groups in total. The smallest absolute Gasteiger partial charge is 0.530 e. The van der Waals surface area contributed by atoms with E-state index < -0.39 is 19.5 Å². The molecule has 4 aromatic rings. The van der Waals surface area contributed by atoms with Crippen molar-refractivity contribution in [2.45, 2.75) is 175 Å². The number of carboxylic acid groups (broad SMARTS) is 2. The van der Waals surface area contributed by atoms with Crippen molar-refractivity contribution in [3.63, 3.8) is 0 Å². The molecule has 0 atom stereocenters. The van der Waals surface area contributed by atoms with Gasteiger partial charge >= 0.3 is 71.0 Å². The molecule has 0 saturated carbocycles. The van der Waals surface area contributed by atoms with Gasteiger partial charge in [0.1, 0.15) is 12.2 Å². The number of amides is 2. The molecule has 2 saturated heterocycles. The predicted octanol–water partition coefficient (Wildman–Crippen LogP) is -0.193. The topological polar surface area (TPSA) is 133 Å². The number of nitrogens with zero attached hydrogens (tertiary/aromatic N) is 2. The van der Waals surface area contributed by atoms with Gasteiger partial charge in [0.25, 0.3) is 0 Å². The van der Waals surface area contributed by atoms with Gasteiger partial charge in [-0.25, -0.2) is 0 Å². The van der Waals surface area contributed by atoms with Crippen molar-refractivity contribution in [3.05, 3.63) is 124 Å². The molecule has 0 spiro atoms. The molecule has 366 valence electrons. The Morgan fingerprint density at radius 1 is 0.549 bits per heavy atom. The van der Waals surface area contributed by atoms with Gasteiger partial charge in [0.05, 0.1) is 22.4 Å². The first-order chi connectivity index (χ1) is 32.2. The van der Waals surface area contributed by atoms with Crippen molar-refractivity contribution in [1.82, 2.24) is 0 Å². The standard InChI is InChI=1S/C16H23BO2.C10H11NO2.C10H10NO2.C10H12.C9H19BO3.3Li/c1-15(2)16(3,4)19-17(18-15)14-11-7-9-12-8-5-6-10-13(12)14;2*12-10(13)11-7-3-5-8-4-1-2-6-9(8)11;1-2-6-10-8-4-3-7-9(10)5-1;1-7(2)11-10-12-8(3,4)9(5,6)13-10;;;/h7,9,11H,5-6,8,10H2,1-4H3;1-2,4,6H,3,5,7H2,(H,12,13);1-2,4H,3,5,7H2,(H,12,13);1-2,5-6H,3-4,7-8H2;7H,1-6H3;;;/q;;-1;;;3*+1/p-2. The van der Waals surface area contributed by atoms with Crippen LogP contribution in [0, 0.1) is 6.07 Å². The zero-order chi connectivity index (χ0) is 49.3. The van der Waals surface area contributed by atoms with Crippen LogP contribution in [0.25, 0.3) is 0 Å². The molecule has 71 heavy (non-hydrogen) atoms. The Labute approximate surface area is 462 Å². The van der Waals surface area contributed by atoms with E-state index in [0.717, 1.165) is 48.9 Å². The van der Waals surface area contributed by atoms with Crippen LogP contribution in [0.4, 0.5) is 21.0 Å². The Morgan fingerprint density at radius 2 is 0.986 bits per heavy atom. The van der Waals surface area contributed by atoms with Gasteiger partial charge < -0.3 is 52.9 Å². The third kappa shape index (κ3) is 16.3. The van der Waals surface area contributed by atoms with Gasteiger partial charge in [0.2, 0.25) is 0 Å². The summed E-state index contributed by atoms with van der Waals surface area (Å²) in [4.78, 5) is 24.0. The number of carbonyl (C=O) groups excluding carboxylic acids is 2. The zero-order valence-electron chi connectivity index (χ0n) is 45.3. The van der Waals surface area contributed by atoms with Crippen molar-refractivity contribution in [2.75, 3.05) is 22.9 Å². The summed E-state index contributed by atoms with van der Waals surface area (Å²) in [6.45, 7) is 21.5. The Morgan fingerprint density at radius 3 is 1.54 bits per heavy atom. The summed E-state index contributed by atoms with van der Waals surface area (Å²) >= 11 is 0. The summed E-state index contributed by atoms with van der Waals surface area (Å²) in [5, 5.41) is 21.4. The van der Waals surface area contributed by atoms with Crippen LogP contribution in [0.1, 0.15) is 141 Å². The van der Waals surface area contributed by atoms with Crippen LogP contribution in [-0.4, -0.2) is 68.2 Å². The van der Waals surface area contributed by atoms with Gasteiger partial charge in [-0.15, -0.1) is 5.56 Å². The Hall–Kier alpha value is -2.86. The molecule has 4 heterocycles. The van der Waals surface area contributed by atoms with Crippen LogP contribution < -0.4 is 82.1 Å². The minimum absolute atomic E-state index is 0. The number of rotatable bonds is 3. The molecule has 2 amide bonds. The number of fused-ring (bicyclic) bond motifs is 4. The molecule has 2 aliphatic carbocycles. The molecule has 0 unspecified atom stereocenters. The second-order valence-electron chi connectivity index (χ2n) is 20.7. The first kappa shape index (κ1) is 62.4. The molecule has 0 radical (unpaired) electrons. The van der Waals surface area contributed by atoms with E-state index in [1.54, 1.807) is 17.2 Å². The largest absolute Gasteiger partial charge is 1.00 e. The molecule has 4 aromatic carbocycles. The summed E-state index contributed by atoms with van der Waals surface area (Å²) in [5.41, 5.74) is 9.82. The van der Waals surface area contributed by atoms with E-state index in [4.69, 9.17) is 23.3 Å². The summed E-state index contributed by atoms with van der Waals surface area (Å²) in [6, 6.07) is 31.4. The van der Waals surface area contributed by atoms with Gasteiger partial charge in [-0.3, -0.25) is 0 Å². The van der Waals surface area contributed by atoms with Crippen molar-refractivity contribution in [3.8, 4) is 0 Å². The van der Waals surface area contributed by atoms with E-state index in [0.29, 0.717) is 18.8 Å². The monoisotopic (exact) mass is 949 g/mol. The minimum atomic E-state index is -1.14. The van der Waals surface area contributed by atoms with E-state index in [9.17, 15) is 19.8 Å². The Balaban J connectivity index is 0.000000236. The van der Waals surface area contributed by atoms with E-state index in [-0.39, 0.29) is 92.2 Å². The van der Waals surface area contributed by atoms with Crippen LogP contribution in [0.3, 0.4) is 0 Å². The van der Waals surface area contributed by atoms with Crippen molar-refractivity contribution in [2.24, 2.45) is 0 Å². The fourth-order valence-electron chi connectivity index (χ4n) is 9.11. The number of hydrogen-bond acceptors (Lipinski definition) is 9. The van der Waals surface area contributed by atoms with E-state index in [2.05, 4.69) is 76.2 Å². The molecule has 6 aliphatic rings. The third-order valence-corrected chi connectivity index (χ3v) is 14.4. The minimum Gasteiger partial charge on any atom is -0.530 e. The van der Waals surface area contributed by atoms with Crippen LogP contribution in [0.2, 0.25) is 0 Å². The van der Waals surface area contributed by atoms with Crippen molar-refractivity contribution < 1.29 is 99.7 Å². The van der Waals surface area contributed by atoms with Crippen molar-refractivity contribution in [1.29, 1.82) is 0 Å². The van der Waals surface area contributed by atoms with Crippen LogP contribution >= 0.6 is 0 Å². The number of benzene rings is 4. The molecule has 11 nitrogen and oxygen atoms in total.